The summed E-state index contributed by atoms with van der Waals surface area (Å²) in [4.78, 5) is 1.13. The number of hydrogen-bond donors (Lipinski definition) is 1. The van der Waals surface area contributed by atoms with Gasteiger partial charge in [-0.15, -0.1) is 11.8 Å². The summed E-state index contributed by atoms with van der Waals surface area (Å²) in [5.41, 5.74) is 6.32. The van der Waals surface area contributed by atoms with Crippen molar-refractivity contribution < 1.29 is 12.7 Å². The lowest BCUT2D eigenvalue weighted by Gasteiger charge is -2.21. The van der Waals surface area contributed by atoms with E-state index in [9.17, 15) is 8.42 Å². The largest absolute Gasteiger partial charge is 0.287 e. The third-order valence-corrected chi connectivity index (χ3v) is 5.84. The van der Waals surface area contributed by atoms with Crippen LogP contribution in [0.4, 0.5) is 0 Å². The molecule has 5 nitrogen and oxygen atoms in total. The van der Waals surface area contributed by atoms with E-state index in [0.717, 1.165) is 27.4 Å². The first-order valence-corrected chi connectivity index (χ1v) is 10.0. The van der Waals surface area contributed by atoms with E-state index in [-0.39, 0.29) is 5.75 Å². The molecule has 0 aromatic rings. The molecule has 2 aliphatic rings. The topological polar surface area (TPSA) is 79.2 Å². The molecule has 1 aliphatic carbocycles. The summed E-state index contributed by atoms with van der Waals surface area (Å²) in [6.07, 6.45) is 7.36. The summed E-state index contributed by atoms with van der Waals surface area (Å²) in [5, 5.41) is 9.02. The predicted molar refractivity (Wildman–Crippen MR) is 92.6 cm³/mol. The molecule has 2 rings (SSSR count). The second kappa shape index (κ2) is 7.86. The van der Waals surface area contributed by atoms with E-state index >= 15 is 0 Å². The van der Waals surface area contributed by atoms with Gasteiger partial charge in [0.1, 0.15) is 0 Å². The number of hydroxylamine groups is 1. The highest BCUT2D eigenvalue weighted by molar-refractivity contribution is 8.03. The van der Waals surface area contributed by atoms with Crippen LogP contribution in [0.1, 0.15) is 33.1 Å². The van der Waals surface area contributed by atoms with Crippen molar-refractivity contribution in [1.29, 1.82) is 5.26 Å². The van der Waals surface area contributed by atoms with E-state index in [1.807, 2.05) is 13.0 Å². The molecular formula is C16H20N2O3S2. The van der Waals surface area contributed by atoms with Gasteiger partial charge in [0.15, 0.2) is 0 Å². The molecule has 0 aromatic carbocycles. The summed E-state index contributed by atoms with van der Waals surface area (Å²) in [6, 6.07) is 2.17. The number of nitrogens with one attached hydrogen (secondary N) is 1. The SMILES string of the molecule is CCCS(=O)(=O)ONC1=CC(=C2C=CCS2)C(C)=C(CC#N)C1. The summed E-state index contributed by atoms with van der Waals surface area (Å²) in [5.74, 6) is 0.900. The number of thioether (sulfide) groups is 1. The molecule has 7 heteroatoms. The molecule has 0 bridgehead atoms. The van der Waals surface area contributed by atoms with E-state index in [1.165, 1.54) is 0 Å². The smallest absolute Gasteiger partial charge is 0.253 e. The zero-order valence-corrected chi connectivity index (χ0v) is 14.9. The fourth-order valence-electron chi connectivity index (χ4n) is 2.42. The van der Waals surface area contributed by atoms with Gasteiger partial charge in [-0.3, -0.25) is 5.48 Å². The number of rotatable bonds is 6. The number of nitriles is 1. The zero-order chi connectivity index (χ0) is 16.9. The van der Waals surface area contributed by atoms with Crippen LogP contribution in [0.15, 0.2) is 45.5 Å². The van der Waals surface area contributed by atoms with Crippen LogP contribution in [0.25, 0.3) is 0 Å². The number of hydrogen-bond acceptors (Lipinski definition) is 6. The van der Waals surface area contributed by atoms with Gasteiger partial charge in [-0.1, -0.05) is 19.1 Å². The fraction of sp³-hybridized carbons (Fsp3) is 0.438. The van der Waals surface area contributed by atoms with E-state index in [4.69, 9.17) is 9.55 Å². The first kappa shape index (κ1) is 17.9. The Bertz CT molecular complexity index is 738. The van der Waals surface area contributed by atoms with Crippen molar-refractivity contribution in [3.63, 3.8) is 0 Å². The third kappa shape index (κ3) is 4.74. The van der Waals surface area contributed by atoms with Crippen molar-refractivity contribution in [1.82, 2.24) is 5.48 Å². The Morgan fingerprint density at radius 1 is 1.48 bits per heavy atom. The zero-order valence-electron chi connectivity index (χ0n) is 13.3. The summed E-state index contributed by atoms with van der Waals surface area (Å²) >= 11 is 1.73. The van der Waals surface area contributed by atoms with Crippen molar-refractivity contribution in [2.75, 3.05) is 11.5 Å². The lowest BCUT2D eigenvalue weighted by Crippen LogP contribution is -2.23. The maximum atomic E-state index is 11.7. The number of nitrogens with zero attached hydrogens (tertiary/aromatic N) is 1. The summed E-state index contributed by atoms with van der Waals surface area (Å²) in [7, 11) is -3.58. The summed E-state index contributed by atoms with van der Waals surface area (Å²) < 4.78 is 28.2. The molecule has 1 aliphatic heterocycles. The minimum absolute atomic E-state index is 0.0280. The van der Waals surface area contributed by atoms with Crippen LogP contribution >= 0.6 is 11.8 Å². The van der Waals surface area contributed by atoms with E-state index in [0.29, 0.717) is 25.0 Å². The Morgan fingerprint density at radius 3 is 2.87 bits per heavy atom. The Labute approximate surface area is 141 Å². The minimum atomic E-state index is -3.58. The van der Waals surface area contributed by atoms with E-state index in [1.54, 1.807) is 18.7 Å². The lowest BCUT2D eigenvalue weighted by molar-refractivity contribution is 0.233. The Balaban J connectivity index is 2.24. The van der Waals surface area contributed by atoms with Crippen molar-refractivity contribution >= 4 is 21.9 Å². The Morgan fingerprint density at radius 2 is 2.26 bits per heavy atom. The molecule has 0 spiro atoms. The molecule has 0 aromatic heterocycles. The van der Waals surface area contributed by atoms with Gasteiger partial charge in [-0.05, 0) is 36.1 Å². The van der Waals surface area contributed by atoms with Gasteiger partial charge >= 0.3 is 0 Å². The molecule has 1 heterocycles. The minimum Gasteiger partial charge on any atom is -0.253 e. The van der Waals surface area contributed by atoms with Gasteiger partial charge in [-0.2, -0.15) is 18.0 Å². The molecule has 0 fully saturated rings. The maximum Gasteiger partial charge on any atom is 0.287 e. The quantitative estimate of drug-likeness (QED) is 0.739. The second-order valence-corrected chi connectivity index (χ2v) is 8.10. The van der Waals surface area contributed by atoms with Crippen LogP contribution in [0.3, 0.4) is 0 Å². The molecule has 0 saturated heterocycles. The first-order chi connectivity index (χ1) is 11.0. The molecule has 124 valence electrons. The normalized spacial score (nSPS) is 21.3. The fourth-order valence-corrected chi connectivity index (χ4v) is 4.17. The Kier molecular flexibility index (Phi) is 6.10. The second-order valence-electron chi connectivity index (χ2n) is 5.35. The standard InChI is InChI=1S/C16H20N2O3S2/c1-3-9-23(19,20)21-18-14-10-13(6-7-17)12(2)15(11-14)16-5-4-8-22-16/h4-5,11,18H,3,6,8-10H2,1-2H3. The Hall–Kier alpha value is -1.49. The highest BCUT2D eigenvalue weighted by atomic mass is 32.2. The summed E-state index contributed by atoms with van der Waals surface area (Å²) in [6.45, 7) is 3.79. The monoisotopic (exact) mass is 352 g/mol. The molecule has 23 heavy (non-hydrogen) atoms. The molecule has 1 N–H and O–H groups in total. The molecule has 0 atom stereocenters. The molecule has 0 saturated carbocycles. The molecule has 0 unspecified atom stereocenters. The maximum absolute atomic E-state index is 11.7. The van der Waals surface area contributed by atoms with Crippen molar-refractivity contribution in [2.24, 2.45) is 0 Å². The van der Waals surface area contributed by atoms with E-state index in [2.05, 4.69) is 23.7 Å². The van der Waals surface area contributed by atoms with Crippen LogP contribution in [0, 0.1) is 11.3 Å². The van der Waals surface area contributed by atoms with Gasteiger partial charge in [0.2, 0.25) is 0 Å². The van der Waals surface area contributed by atoms with Crippen LogP contribution in [-0.4, -0.2) is 19.9 Å². The third-order valence-electron chi connectivity index (χ3n) is 3.57. The van der Waals surface area contributed by atoms with Gasteiger partial charge in [-0.25, -0.2) is 0 Å². The van der Waals surface area contributed by atoms with Gasteiger partial charge in [0.05, 0.1) is 18.2 Å². The van der Waals surface area contributed by atoms with Crippen LogP contribution in [-0.2, 0) is 14.4 Å². The van der Waals surface area contributed by atoms with Crippen molar-refractivity contribution in [3.05, 3.63) is 45.5 Å². The molecular weight excluding hydrogens is 332 g/mol. The van der Waals surface area contributed by atoms with Gasteiger partial charge < -0.3 is 0 Å². The molecule has 0 amide bonds. The average molecular weight is 352 g/mol. The first-order valence-electron chi connectivity index (χ1n) is 7.44. The van der Waals surface area contributed by atoms with E-state index < -0.39 is 10.1 Å². The molecule has 0 radical (unpaired) electrons. The lowest BCUT2D eigenvalue weighted by atomic mass is 9.90. The van der Waals surface area contributed by atoms with Gasteiger partial charge in [0, 0.05) is 22.8 Å². The highest BCUT2D eigenvalue weighted by Crippen LogP contribution is 2.37. The highest BCUT2D eigenvalue weighted by Gasteiger charge is 2.20. The van der Waals surface area contributed by atoms with Crippen molar-refractivity contribution in [3.8, 4) is 6.07 Å². The van der Waals surface area contributed by atoms with Crippen LogP contribution < -0.4 is 5.48 Å². The van der Waals surface area contributed by atoms with Gasteiger partial charge in [0.25, 0.3) is 10.1 Å². The predicted octanol–water partition coefficient (Wildman–Crippen LogP) is 3.32. The van der Waals surface area contributed by atoms with Crippen LogP contribution in [0.2, 0.25) is 0 Å². The average Bonchev–Trinajstić information content (AvgIpc) is 3.02. The van der Waals surface area contributed by atoms with Crippen LogP contribution in [0.5, 0.6) is 0 Å². The number of allylic oxidation sites excluding steroid dienone is 5. The van der Waals surface area contributed by atoms with Crippen molar-refractivity contribution in [2.45, 2.75) is 33.1 Å².